The summed E-state index contributed by atoms with van der Waals surface area (Å²) in [6, 6.07) is 10.1. The number of aliphatic hydroxyl groups is 1. The molecule has 0 unspecified atom stereocenters. The molecule has 1 aromatic heterocycles. The van der Waals surface area contributed by atoms with E-state index in [2.05, 4.69) is 28.3 Å². The first-order valence-electron chi connectivity index (χ1n) is 6.98. The molecule has 2 aromatic rings. The van der Waals surface area contributed by atoms with E-state index in [-0.39, 0.29) is 6.61 Å². The Morgan fingerprint density at radius 2 is 2.23 bits per heavy atom. The molecule has 3 N–H and O–H groups in total. The third-order valence-electron chi connectivity index (χ3n) is 3.21. The van der Waals surface area contributed by atoms with Gasteiger partial charge in [0.25, 0.3) is 0 Å². The summed E-state index contributed by atoms with van der Waals surface area (Å²) in [5.74, 6) is 0.543. The Labute approximate surface area is 139 Å². The Hall–Kier alpha value is -1.34. The largest absolute Gasteiger partial charge is 0.395 e. The second-order valence-corrected chi connectivity index (χ2v) is 6.73. The SMILES string of the molecule is CSc1ccc(N=C(N)c2cccs2)cc1CN(C)CCO. The van der Waals surface area contributed by atoms with E-state index in [1.54, 1.807) is 23.1 Å². The molecule has 0 aliphatic heterocycles. The number of rotatable bonds is 7. The normalized spacial score (nSPS) is 12.1. The minimum atomic E-state index is 0.161. The first-order chi connectivity index (χ1) is 10.6. The Bertz CT molecular complexity index is 626. The summed E-state index contributed by atoms with van der Waals surface area (Å²) >= 11 is 3.30. The van der Waals surface area contributed by atoms with E-state index in [9.17, 15) is 0 Å². The first-order valence-corrected chi connectivity index (χ1v) is 9.09. The van der Waals surface area contributed by atoms with Gasteiger partial charge in [0.1, 0.15) is 5.84 Å². The average molecular weight is 335 g/mol. The number of nitrogens with two attached hydrogens (primary N) is 1. The van der Waals surface area contributed by atoms with Crippen LogP contribution in [0.2, 0.25) is 0 Å². The monoisotopic (exact) mass is 335 g/mol. The van der Waals surface area contributed by atoms with Crippen molar-refractivity contribution in [1.29, 1.82) is 0 Å². The molecular formula is C16H21N3OS2. The van der Waals surface area contributed by atoms with Gasteiger partial charge in [0.15, 0.2) is 0 Å². The summed E-state index contributed by atoms with van der Waals surface area (Å²) in [6.45, 7) is 1.59. The van der Waals surface area contributed by atoms with Crippen LogP contribution in [0.25, 0.3) is 0 Å². The first kappa shape index (κ1) is 17.0. The second kappa shape index (κ2) is 8.33. The maximum atomic E-state index is 9.04. The number of likely N-dealkylation sites (N-methyl/N-ethyl adjacent to an activating group) is 1. The highest BCUT2D eigenvalue weighted by atomic mass is 32.2. The molecule has 0 fully saturated rings. The molecule has 4 nitrogen and oxygen atoms in total. The van der Waals surface area contributed by atoms with Gasteiger partial charge in [-0.05, 0) is 48.5 Å². The standard InChI is InChI=1S/C16H21N3OS2/c1-19(7-8-20)11-12-10-13(5-6-14(12)21-2)18-16(17)15-4-3-9-22-15/h3-6,9-10,20H,7-8,11H2,1-2H3,(H2,17,18). The van der Waals surface area contributed by atoms with E-state index < -0.39 is 0 Å². The van der Waals surface area contributed by atoms with E-state index in [0.717, 1.165) is 17.1 Å². The molecule has 0 spiro atoms. The van der Waals surface area contributed by atoms with Crippen molar-refractivity contribution in [2.45, 2.75) is 11.4 Å². The zero-order valence-electron chi connectivity index (χ0n) is 12.8. The van der Waals surface area contributed by atoms with E-state index in [0.29, 0.717) is 12.4 Å². The lowest BCUT2D eigenvalue weighted by molar-refractivity contribution is 0.216. The smallest absolute Gasteiger partial charge is 0.141 e. The number of hydrogen-bond acceptors (Lipinski definition) is 5. The quantitative estimate of drug-likeness (QED) is 0.464. The van der Waals surface area contributed by atoms with Crippen molar-refractivity contribution < 1.29 is 5.11 Å². The second-order valence-electron chi connectivity index (χ2n) is 4.93. The van der Waals surface area contributed by atoms with E-state index in [4.69, 9.17) is 10.8 Å². The molecule has 2 rings (SSSR count). The van der Waals surface area contributed by atoms with Crippen LogP contribution < -0.4 is 5.73 Å². The molecule has 0 saturated carbocycles. The predicted octanol–water partition coefficient (Wildman–Crippen LogP) is 2.93. The van der Waals surface area contributed by atoms with E-state index in [1.165, 1.54) is 10.5 Å². The highest BCUT2D eigenvalue weighted by Crippen LogP contribution is 2.26. The number of aliphatic hydroxyl groups excluding tert-OH is 1. The minimum absolute atomic E-state index is 0.161. The number of nitrogens with zero attached hydrogens (tertiary/aromatic N) is 2. The Morgan fingerprint density at radius 1 is 1.41 bits per heavy atom. The van der Waals surface area contributed by atoms with Crippen LogP contribution in [-0.2, 0) is 6.54 Å². The van der Waals surface area contributed by atoms with Gasteiger partial charge in [-0.25, -0.2) is 4.99 Å². The summed E-state index contributed by atoms with van der Waals surface area (Å²) in [5, 5.41) is 11.0. The molecule has 0 bridgehead atoms. The van der Waals surface area contributed by atoms with Crippen molar-refractivity contribution in [3.63, 3.8) is 0 Å². The van der Waals surface area contributed by atoms with Gasteiger partial charge in [-0.2, -0.15) is 0 Å². The van der Waals surface area contributed by atoms with Crippen LogP contribution in [0.15, 0.2) is 45.6 Å². The predicted molar refractivity (Wildman–Crippen MR) is 96.3 cm³/mol. The molecular weight excluding hydrogens is 314 g/mol. The number of thiophene rings is 1. The molecule has 0 aliphatic carbocycles. The van der Waals surface area contributed by atoms with Crippen LogP contribution in [0, 0.1) is 0 Å². The van der Waals surface area contributed by atoms with Crippen LogP contribution in [0.3, 0.4) is 0 Å². The molecule has 118 valence electrons. The maximum Gasteiger partial charge on any atom is 0.141 e. The minimum Gasteiger partial charge on any atom is -0.395 e. The van der Waals surface area contributed by atoms with Gasteiger partial charge < -0.3 is 10.8 Å². The highest BCUT2D eigenvalue weighted by molar-refractivity contribution is 7.98. The third-order valence-corrected chi connectivity index (χ3v) is 4.94. The topological polar surface area (TPSA) is 61.8 Å². The lowest BCUT2D eigenvalue weighted by atomic mass is 10.2. The van der Waals surface area contributed by atoms with E-state index in [1.807, 2.05) is 30.6 Å². The van der Waals surface area contributed by atoms with Crippen molar-refractivity contribution in [1.82, 2.24) is 4.90 Å². The molecule has 0 amide bonds. The van der Waals surface area contributed by atoms with Crippen LogP contribution in [-0.4, -0.2) is 42.3 Å². The van der Waals surface area contributed by atoms with Crippen molar-refractivity contribution >= 4 is 34.6 Å². The van der Waals surface area contributed by atoms with Crippen molar-refractivity contribution in [2.24, 2.45) is 10.7 Å². The van der Waals surface area contributed by atoms with Gasteiger partial charge in [-0.1, -0.05) is 6.07 Å². The number of aliphatic imine (C=N–C) groups is 1. The molecule has 0 aliphatic rings. The Balaban J connectivity index is 2.24. The van der Waals surface area contributed by atoms with Crippen molar-refractivity contribution in [3.8, 4) is 0 Å². The summed E-state index contributed by atoms with van der Waals surface area (Å²) in [6.07, 6.45) is 2.06. The van der Waals surface area contributed by atoms with Crippen LogP contribution >= 0.6 is 23.1 Å². The zero-order valence-corrected chi connectivity index (χ0v) is 14.5. The fourth-order valence-electron chi connectivity index (χ4n) is 2.12. The molecule has 6 heteroatoms. The summed E-state index contributed by atoms with van der Waals surface area (Å²) in [7, 11) is 2.00. The lowest BCUT2D eigenvalue weighted by Gasteiger charge is -2.17. The summed E-state index contributed by atoms with van der Waals surface area (Å²) < 4.78 is 0. The highest BCUT2D eigenvalue weighted by Gasteiger charge is 2.07. The fraction of sp³-hybridized carbons (Fsp3) is 0.312. The molecule has 1 heterocycles. The van der Waals surface area contributed by atoms with E-state index >= 15 is 0 Å². The summed E-state index contributed by atoms with van der Waals surface area (Å²) in [5.41, 5.74) is 8.11. The number of hydrogen-bond donors (Lipinski definition) is 2. The lowest BCUT2D eigenvalue weighted by Crippen LogP contribution is -2.21. The van der Waals surface area contributed by atoms with Crippen LogP contribution in [0.5, 0.6) is 0 Å². The number of benzene rings is 1. The van der Waals surface area contributed by atoms with Gasteiger partial charge in [-0.3, -0.25) is 4.90 Å². The Morgan fingerprint density at radius 3 is 2.86 bits per heavy atom. The number of thioether (sulfide) groups is 1. The van der Waals surface area contributed by atoms with Gasteiger partial charge in [0.2, 0.25) is 0 Å². The van der Waals surface area contributed by atoms with Gasteiger partial charge >= 0.3 is 0 Å². The molecule has 0 saturated heterocycles. The maximum absolute atomic E-state index is 9.04. The molecule has 0 radical (unpaired) electrons. The van der Waals surface area contributed by atoms with Crippen LogP contribution in [0.1, 0.15) is 10.4 Å². The summed E-state index contributed by atoms with van der Waals surface area (Å²) in [4.78, 5) is 8.81. The molecule has 22 heavy (non-hydrogen) atoms. The van der Waals surface area contributed by atoms with Gasteiger partial charge in [0, 0.05) is 18.0 Å². The van der Waals surface area contributed by atoms with Gasteiger partial charge in [0.05, 0.1) is 17.2 Å². The van der Waals surface area contributed by atoms with Crippen molar-refractivity contribution in [2.75, 3.05) is 26.5 Å². The Kier molecular flexibility index (Phi) is 6.45. The van der Waals surface area contributed by atoms with Crippen molar-refractivity contribution in [3.05, 3.63) is 46.2 Å². The van der Waals surface area contributed by atoms with Gasteiger partial charge in [-0.15, -0.1) is 23.1 Å². The number of amidine groups is 1. The fourth-order valence-corrected chi connectivity index (χ4v) is 3.33. The molecule has 1 aromatic carbocycles. The van der Waals surface area contributed by atoms with Crippen LogP contribution in [0.4, 0.5) is 5.69 Å². The third kappa shape index (κ3) is 4.58. The average Bonchev–Trinajstić information content (AvgIpc) is 3.02. The molecule has 0 atom stereocenters. The zero-order chi connectivity index (χ0) is 15.9.